The van der Waals surface area contributed by atoms with Gasteiger partial charge >= 0.3 is 0 Å². The van der Waals surface area contributed by atoms with E-state index in [0.717, 1.165) is 11.3 Å². The van der Waals surface area contributed by atoms with Crippen LogP contribution >= 0.6 is 12.2 Å². The molecule has 0 spiro atoms. The lowest BCUT2D eigenvalue weighted by atomic mass is 10.2. The molecule has 0 fully saturated rings. The van der Waals surface area contributed by atoms with Gasteiger partial charge in [-0.1, -0.05) is 0 Å². The highest BCUT2D eigenvalue weighted by molar-refractivity contribution is 7.71. The molecular weight excluding hydrogens is 328 g/mol. The smallest absolute Gasteiger partial charge is 0.288 e. The number of nitrogens with one attached hydrogen (secondary N) is 1. The van der Waals surface area contributed by atoms with E-state index in [4.69, 9.17) is 21.4 Å². The third-order valence-electron chi connectivity index (χ3n) is 3.18. The van der Waals surface area contributed by atoms with Gasteiger partial charge in [0.2, 0.25) is 11.8 Å². The minimum absolute atomic E-state index is 0.0436. The molecule has 2 rings (SSSR count). The first-order chi connectivity index (χ1) is 11.4. The van der Waals surface area contributed by atoms with Crippen molar-refractivity contribution in [1.82, 2.24) is 20.0 Å². The summed E-state index contributed by atoms with van der Waals surface area (Å²) in [5.74, 6) is 1.15. The van der Waals surface area contributed by atoms with Crippen molar-refractivity contribution in [1.29, 1.82) is 0 Å². The van der Waals surface area contributed by atoms with E-state index in [0.29, 0.717) is 12.6 Å². The second-order valence-electron chi connectivity index (χ2n) is 5.78. The number of amides is 1. The summed E-state index contributed by atoms with van der Waals surface area (Å²) in [6.07, 6.45) is 0. The third-order valence-corrected chi connectivity index (χ3v) is 3.48. The molecule has 24 heavy (non-hydrogen) atoms. The molecule has 0 aliphatic rings. The number of carbonyl (C=O) groups excluding carboxylic acids is 1. The monoisotopic (exact) mass is 350 g/mol. The Kier molecular flexibility index (Phi) is 6.10. The highest BCUT2D eigenvalue weighted by atomic mass is 32.1. The van der Waals surface area contributed by atoms with Crippen molar-refractivity contribution in [3.05, 3.63) is 29.1 Å². The highest BCUT2D eigenvalue weighted by Crippen LogP contribution is 2.21. The zero-order valence-corrected chi connectivity index (χ0v) is 15.1. The van der Waals surface area contributed by atoms with E-state index in [9.17, 15) is 4.79 Å². The number of nitrogens with zero attached hydrogens (tertiary/aromatic N) is 3. The maximum atomic E-state index is 11.8. The zero-order chi connectivity index (χ0) is 17.7. The predicted octanol–water partition coefficient (Wildman–Crippen LogP) is 2.30. The van der Waals surface area contributed by atoms with Crippen molar-refractivity contribution < 1.29 is 13.9 Å². The Hall–Kier alpha value is -2.19. The largest absolute Gasteiger partial charge is 0.497 e. The number of benzene rings is 1. The second-order valence-corrected chi connectivity index (χ2v) is 6.13. The molecule has 1 aromatic heterocycles. The van der Waals surface area contributed by atoms with Gasteiger partial charge in [0.15, 0.2) is 0 Å². The number of hydrogen-bond donors (Lipinski definition) is 1. The van der Waals surface area contributed by atoms with Crippen LogP contribution in [-0.2, 0) is 11.5 Å². The number of aromatic nitrogens is 2. The number of hydrogen-bond acceptors (Lipinski definition) is 6. The number of carbonyl (C=O) groups is 1. The number of likely N-dealkylation sites (N-methyl/N-ethyl adjacent to an activating group) is 1. The van der Waals surface area contributed by atoms with E-state index >= 15 is 0 Å². The first-order valence-corrected chi connectivity index (χ1v) is 8.00. The Morgan fingerprint density at radius 3 is 2.67 bits per heavy atom. The van der Waals surface area contributed by atoms with Crippen LogP contribution in [0.5, 0.6) is 5.75 Å². The molecule has 0 saturated carbocycles. The fourth-order valence-corrected chi connectivity index (χ4v) is 2.31. The van der Waals surface area contributed by atoms with Gasteiger partial charge in [-0.25, -0.2) is 4.68 Å². The third kappa shape index (κ3) is 4.90. The van der Waals surface area contributed by atoms with Gasteiger partial charge in [-0.2, -0.15) is 0 Å². The molecule has 1 aromatic carbocycles. The van der Waals surface area contributed by atoms with Crippen LogP contribution in [0.15, 0.2) is 28.7 Å². The summed E-state index contributed by atoms with van der Waals surface area (Å²) >= 11 is 5.21. The van der Waals surface area contributed by atoms with Crippen molar-refractivity contribution >= 4 is 18.1 Å². The zero-order valence-electron chi connectivity index (χ0n) is 14.3. The summed E-state index contributed by atoms with van der Waals surface area (Å²) in [5.41, 5.74) is 0.806. The Labute approximate surface area is 146 Å². The van der Waals surface area contributed by atoms with E-state index < -0.39 is 0 Å². The van der Waals surface area contributed by atoms with Crippen LogP contribution in [-0.4, -0.2) is 47.3 Å². The van der Waals surface area contributed by atoms with Crippen LogP contribution in [0.3, 0.4) is 0 Å². The van der Waals surface area contributed by atoms with Crippen LogP contribution in [0.2, 0.25) is 0 Å². The lowest BCUT2D eigenvalue weighted by Crippen LogP contribution is -2.39. The summed E-state index contributed by atoms with van der Waals surface area (Å²) in [5, 5.41) is 7.22. The van der Waals surface area contributed by atoms with Crippen LogP contribution in [0.1, 0.15) is 13.8 Å². The Morgan fingerprint density at radius 1 is 1.42 bits per heavy atom. The van der Waals surface area contributed by atoms with Crippen LogP contribution in [0.25, 0.3) is 11.5 Å². The molecule has 0 radical (unpaired) electrons. The molecule has 0 saturated heterocycles. The highest BCUT2D eigenvalue weighted by Gasteiger charge is 2.12. The van der Waals surface area contributed by atoms with E-state index in [-0.39, 0.29) is 23.3 Å². The molecule has 0 unspecified atom stereocenters. The van der Waals surface area contributed by atoms with Gasteiger partial charge < -0.3 is 14.5 Å². The van der Waals surface area contributed by atoms with E-state index in [1.54, 1.807) is 11.8 Å². The van der Waals surface area contributed by atoms with Crippen LogP contribution in [0.4, 0.5) is 0 Å². The molecule has 8 heteroatoms. The summed E-state index contributed by atoms with van der Waals surface area (Å²) < 4.78 is 12.2. The summed E-state index contributed by atoms with van der Waals surface area (Å²) in [6.45, 7) is 4.47. The molecule has 1 amide bonds. The van der Waals surface area contributed by atoms with Gasteiger partial charge in [0.25, 0.3) is 4.84 Å². The average molecular weight is 350 g/mol. The predicted molar refractivity (Wildman–Crippen MR) is 93.2 cm³/mol. The van der Waals surface area contributed by atoms with Gasteiger partial charge in [-0.05, 0) is 57.4 Å². The van der Waals surface area contributed by atoms with E-state index in [1.807, 2.05) is 50.1 Å². The Balaban J connectivity index is 2.05. The Morgan fingerprint density at radius 2 is 2.08 bits per heavy atom. The minimum atomic E-state index is -0.0436. The van der Waals surface area contributed by atoms with E-state index in [2.05, 4.69) is 10.4 Å². The molecule has 7 nitrogen and oxygen atoms in total. The molecular formula is C16H22N4O3S. The fraction of sp³-hybridized carbons (Fsp3) is 0.438. The SMILES string of the molecule is COc1ccc(-c2nn(CN(C)CC(=O)NC(C)C)c(=S)o2)cc1. The molecule has 0 atom stereocenters. The quantitative estimate of drug-likeness (QED) is 0.773. The summed E-state index contributed by atoms with van der Waals surface area (Å²) in [6, 6.07) is 7.47. The molecule has 0 aliphatic carbocycles. The van der Waals surface area contributed by atoms with Gasteiger partial charge in [0, 0.05) is 11.6 Å². The second kappa shape index (κ2) is 8.07. The van der Waals surface area contributed by atoms with Crippen molar-refractivity contribution in [2.75, 3.05) is 20.7 Å². The van der Waals surface area contributed by atoms with Crippen LogP contribution in [0, 0.1) is 4.84 Å². The molecule has 1 heterocycles. The molecule has 2 aromatic rings. The summed E-state index contributed by atoms with van der Waals surface area (Å²) in [4.78, 5) is 13.9. The average Bonchev–Trinajstić information content (AvgIpc) is 2.87. The minimum Gasteiger partial charge on any atom is -0.497 e. The number of methoxy groups -OCH3 is 1. The fourth-order valence-electron chi connectivity index (χ4n) is 2.14. The first-order valence-electron chi connectivity index (χ1n) is 7.59. The van der Waals surface area contributed by atoms with E-state index in [1.165, 1.54) is 0 Å². The lowest BCUT2D eigenvalue weighted by Gasteiger charge is -2.16. The topological polar surface area (TPSA) is 72.5 Å². The summed E-state index contributed by atoms with van der Waals surface area (Å²) in [7, 11) is 3.43. The van der Waals surface area contributed by atoms with Crippen molar-refractivity contribution in [3.8, 4) is 17.2 Å². The maximum absolute atomic E-state index is 11.8. The van der Waals surface area contributed by atoms with Gasteiger partial charge in [-0.3, -0.25) is 9.69 Å². The number of ether oxygens (including phenoxy) is 1. The molecule has 130 valence electrons. The first kappa shape index (κ1) is 18.2. The molecule has 1 N–H and O–H groups in total. The standard InChI is InChI=1S/C16H22N4O3S/c1-11(2)17-14(21)9-19(3)10-20-16(24)23-15(18-20)12-5-7-13(22-4)8-6-12/h5-8,11H,9-10H2,1-4H3,(H,17,21). The lowest BCUT2D eigenvalue weighted by molar-refractivity contribution is -0.122. The van der Waals surface area contributed by atoms with Crippen molar-refractivity contribution in [2.45, 2.75) is 26.6 Å². The number of rotatable bonds is 7. The van der Waals surface area contributed by atoms with Crippen molar-refractivity contribution in [2.24, 2.45) is 0 Å². The Bertz CT molecular complexity index is 737. The van der Waals surface area contributed by atoms with Gasteiger partial charge in [0.05, 0.1) is 20.3 Å². The normalized spacial score (nSPS) is 11.1. The van der Waals surface area contributed by atoms with Gasteiger partial charge in [0.1, 0.15) is 5.75 Å². The van der Waals surface area contributed by atoms with Crippen LogP contribution < -0.4 is 10.1 Å². The molecule has 0 aliphatic heterocycles. The van der Waals surface area contributed by atoms with Gasteiger partial charge in [-0.15, -0.1) is 5.10 Å². The molecule has 0 bridgehead atoms. The van der Waals surface area contributed by atoms with Crippen molar-refractivity contribution in [3.63, 3.8) is 0 Å². The maximum Gasteiger partial charge on any atom is 0.288 e.